The number of para-hydroxylation sites is 1. The van der Waals surface area contributed by atoms with Gasteiger partial charge in [-0.15, -0.1) is 0 Å². The molecule has 0 aliphatic heterocycles. The summed E-state index contributed by atoms with van der Waals surface area (Å²) in [5.41, 5.74) is 1.02. The second kappa shape index (κ2) is 8.05. The fourth-order valence-corrected chi connectivity index (χ4v) is 2.27. The third-order valence-electron chi connectivity index (χ3n) is 3.55. The van der Waals surface area contributed by atoms with Crippen molar-refractivity contribution in [1.82, 2.24) is 9.97 Å². The van der Waals surface area contributed by atoms with Crippen molar-refractivity contribution in [3.8, 4) is 0 Å². The normalized spacial score (nSPS) is 10.1. The van der Waals surface area contributed by atoms with Crippen LogP contribution in [-0.2, 0) is 4.74 Å². The number of amides is 1. The number of anilines is 3. The Balaban J connectivity index is 1.77. The molecule has 27 heavy (non-hydrogen) atoms. The summed E-state index contributed by atoms with van der Waals surface area (Å²) in [4.78, 5) is 32.1. The van der Waals surface area contributed by atoms with Crippen molar-refractivity contribution in [3.63, 3.8) is 0 Å². The van der Waals surface area contributed by atoms with Crippen molar-refractivity contribution in [1.29, 1.82) is 0 Å². The molecule has 0 aliphatic rings. The van der Waals surface area contributed by atoms with Gasteiger partial charge in [-0.2, -0.15) is 0 Å². The summed E-state index contributed by atoms with van der Waals surface area (Å²) < 4.78 is 18.3. The number of aromatic nitrogens is 2. The molecule has 0 fully saturated rings. The number of carbonyl (C=O) groups is 2. The number of rotatable bonds is 5. The highest BCUT2D eigenvalue weighted by Crippen LogP contribution is 2.17. The molecule has 3 aromatic rings. The van der Waals surface area contributed by atoms with Crippen molar-refractivity contribution in [3.05, 3.63) is 77.9 Å². The summed E-state index contributed by atoms with van der Waals surface area (Å²) in [5.74, 6) is -1.44. The predicted molar refractivity (Wildman–Crippen MR) is 97.4 cm³/mol. The molecule has 3 rings (SSSR count). The SMILES string of the molecule is COC(=O)c1cccc(Nc2nccc(C(=O)Nc3ccccc3F)n2)c1. The molecule has 0 bridgehead atoms. The molecule has 0 aliphatic carbocycles. The summed E-state index contributed by atoms with van der Waals surface area (Å²) >= 11 is 0. The Labute approximate surface area is 154 Å². The summed E-state index contributed by atoms with van der Waals surface area (Å²) in [6.45, 7) is 0. The van der Waals surface area contributed by atoms with E-state index in [1.165, 1.54) is 37.6 Å². The Morgan fingerprint density at radius 2 is 1.89 bits per heavy atom. The summed E-state index contributed by atoms with van der Waals surface area (Å²) in [5, 5.41) is 5.37. The van der Waals surface area contributed by atoms with Gasteiger partial charge in [-0.25, -0.2) is 19.2 Å². The highest BCUT2D eigenvalue weighted by Gasteiger charge is 2.12. The molecule has 0 spiro atoms. The van der Waals surface area contributed by atoms with E-state index in [4.69, 9.17) is 0 Å². The molecule has 1 amide bonds. The number of ether oxygens (including phenoxy) is 1. The van der Waals surface area contributed by atoms with Crippen molar-refractivity contribution in [2.75, 3.05) is 17.7 Å². The lowest BCUT2D eigenvalue weighted by Crippen LogP contribution is -2.15. The topological polar surface area (TPSA) is 93.2 Å². The number of nitrogens with one attached hydrogen (secondary N) is 2. The van der Waals surface area contributed by atoms with E-state index >= 15 is 0 Å². The van der Waals surface area contributed by atoms with Gasteiger partial charge in [-0.1, -0.05) is 18.2 Å². The van der Waals surface area contributed by atoms with Crippen molar-refractivity contribution in [2.24, 2.45) is 0 Å². The third kappa shape index (κ3) is 4.43. The minimum Gasteiger partial charge on any atom is -0.465 e. The van der Waals surface area contributed by atoms with E-state index in [1.807, 2.05) is 0 Å². The van der Waals surface area contributed by atoms with Crippen LogP contribution in [0.15, 0.2) is 60.8 Å². The number of hydrogen-bond donors (Lipinski definition) is 2. The zero-order valence-electron chi connectivity index (χ0n) is 14.3. The van der Waals surface area contributed by atoms with Gasteiger partial charge in [-0.3, -0.25) is 4.79 Å². The van der Waals surface area contributed by atoms with Gasteiger partial charge in [0.05, 0.1) is 18.4 Å². The van der Waals surface area contributed by atoms with E-state index in [1.54, 1.807) is 30.3 Å². The molecular weight excluding hydrogens is 351 g/mol. The van der Waals surface area contributed by atoms with Crippen LogP contribution in [0.25, 0.3) is 0 Å². The average Bonchev–Trinajstić information content (AvgIpc) is 2.69. The van der Waals surface area contributed by atoms with Crippen LogP contribution in [0.5, 0.6) is 0 Å². The van der Waals surface area contributed by atoms with Gasteiger partial charge < -0.3 is 15.4 Å². The number of hydrogen-bond acceptors (Lipinski definition) is 6. The lowest BCUT2D eigenvalue weighted by Gasteiger charge is -2.08. The molecule has 2 N–H and O–H groups in total. The van der Waals surface area contributed by atoms with Crippen LogP contribution >= 0.6 is 0 Å². The quantitative estimate of drug-likeness (QED) is 0.672. The van der Waals surface area contributed by atoms with E-state index < -0.39 is 17.7 Å². The molecule has 0 unspecified atom stereocenters. The lowest BCUT2D eigenvalue weighted by molar-refractivity contribution is 0.0600. The van der Waals surface area contributed by atoms with Crippen LogP contribution in [0.3, 0.4) is 0 Å². The largest absolute Gasteiger partial charge is 0.465 e. The second-order valence-corrected chi connectivity index (χ2v) is 5.40. The third-order valence-corrected chi connectivity index (χ3v) is 3.55. The monoisotopic (exact) mass is 366 g/mol. The van der Waals surface area contributed by atoms with Gasteiger partial charge in [0, 0.05) is 11.9 Å². The van der Waals surface area contributed by atoms with Crippen molar-refractivity contribution < 1.29 is 18.7 Å². The van der Waals surface area contributed by atoms with E-state index in [-0.39, 0.29) is 17.3 Å². The molecule has 2 aromatic carbocycles. The molecule has 136 valence electrons. The van der Waals surface area contributed by atoms with Crippen LogP contribution in [0.4, 0.5) is 21.7 Å². The van der Waals surface area contributed by atoms with Gasteiger partial charge in [0.15, 0.2) is 0 Å². The summed E-state index contributed by atoms with van der Waals surface area (Å²) in [6.07, 6.45) is 1.40. The van der Waals surface area contributed by atoms with Crippen LogP contribution in [0.2, 0.25) is 0 Å². The molecular formula is C19H15FN4O3. The molecule has 0 atom stereocenters. The van der Waals surface area contributed by atoms with E-state index in [0.717, 1.165) is 0 Å². The number of esters is 1. The second-order valence-electron chi connectivity index (χ2n) is 5.40. The van der Waals surface area contributed by atoms with Crippen LogP contribution in [-0.4, -0.2) is 29.0 Å². The molecule has 0 saturated heterocycles. The van der Waals surface area contributed by atoms with Crippen LogP contribution < -0.4 is 10.6 Å². The van der Waals surface area contributed by atoms with E-state index in [2.05, 4.69) is 25.3 Å². The van der Waals surface area contributed by atoms with Gasteiger partial charge in [0.25, 0.3) is 5.91 Å². The first-order valence-corrected chi connectivity index (χ1v) is 7.91. The number of carbonyl (C=O) groups excluding carboxylic acids is 2. The minimum absolute atomic E-state index is 0.0554. The van der Waals surface area contributed by atoms with Gasteiger partial charge >= 0.3 is 5.97 Å². The van der Waals surface area contributed by atoms with E-state index in [9.17, 15) is 14.0 Å². The van der Waals surface area contributed by atoms with Gasteiger partial charge in [0.1, 0.15) is 11.5 Å². The Hall–Kier alpha value is -3.81. The molecule has 1 aromatic heterocycles. The maximum Gasteiger partial charge on any atom is 0.337 e. The maximum atomic E-state index is 13.7. The first kappa shape index (κ1) is 18.0. The van der Waals surface area contributed by atoms with Crippen LogP contribution in [0, 0.1) is 5.82 Å². The number of methoxy groups -OCH3 is 1. The molecule has 7 nitrogen and oxygen atoms in total. The van der Waals surface area contributed by atoms with Crippen molar-refractivity contribution >= 4 is 29.2 Å². The highest BCUT2D eigenvalue weighted by atomic mass is 19.1. The molecule has 1 heterocycles. The zero-order valence-corrected chi connectivity index (χ0v) is 14.3. The first-order chi connectivity index (χ1) is 13.1. The van der Waals surface area contributed by atoms with Gasteiger partial charge in [-0.05, 0) is 36.4 Å². The number of nitrogens with zero attached hydrogens (tertiary/aromatic N) is 2. The summed E-state index contributed by atoms with van der Waals surface area (Å²) in [7, 11) is 1.29. The molecule has 0 radical (unpaired) electrons. The predicted octanol–water partition coefficient (Wildman–Crippen LogP) is 3.40. The number of benzene rings is 2. The Kier molecular flexibility index (Phi) is 5.36. The molecule has 8 heteroatoms. The fraction of sp³-hybridized carbons (Fsp3) is 0.0526. The smallest absolute Gasteiger partial charge is 0.337 e. The standard InChI is InChI=1S/C19H15FN4O3/c1-27-18(26)12-5-4-6-13(11-12)22-19-21-10-9-16(24-19)17(25)23-15-8-3-2-7-14(15)20/h2-11H,1H3,(H,23,25)(H,21,22,24). The van der Waals surface area contributed by atoms with Crippen molar-refractivity contribution in [2.45, 2.75) is 0 Å². The Bertz CT molecular complexity index is 994. The fourth-order valence-electron chi connectivity index (χ4n) is 2.27. The maximum absolute atomic E-state index is 13.7. The number of halogens is 1. The molecule has 0 saturated carbocycles. The minimum atomic E-state index is -0.575. The first-order valence-electron chi connectivity index (χ1n) is 7.91. The summed E-state index contributed by atoms with van der Waals surface area (Å²) in [6, 6.07) is 13.8. The lowest BCUT2D eigenvalue weighted by atomic mass is 10.2. The van der Waals surface area contributed by atoms with Gasteiger partial charge in [0.2, 0.25) is 5.95 Å². The zero-order chi connectivity index (χ0) is 19.2. The Morgan fingerprint density at radius 1 is 1.07 bits per heavy atom. The average molecular weight is 366 g/mol. The highest BCUT2D eigenvalue weighted by molar-refractivity contribution is 6.03. The van der Waals surface area contributed by atoms with E-state index in [0.29, 0.717) is 11.3 Å². The Morgan fingerprint density at radius 3 is 2.67 bits per heavy atom. The van der Waals surface area contributed by atoms with Crippen LogP contribution in [0.1, 0.15) is 20.8 Å².